The second-order valence-corrected chi connectivity index (χ2v) is 5.82. The Hall–Kier alpha value is -1.39. The fourth-order valence-corrected chi connectivity index (χ4v) is 3.09. The Kier molecular flexibility index (Phi) is 3.80. The number of hydrogen-bond donors (Lipinski definition) is 1. The zero-order chi connectivity index (χ0) is 13.1. The van der Waals surface area contributed by atoms with E-state index in [1.807, 2.05) is 11.6 Å². The first kappa shape index (κ1) is 12.6. The van der Waals surface area contributed by atoms with Crippen molar-refractivity contribution in [2.75, 3.05) is 6.61 Å². The van der Waals surface area contributed by atoms with E-state index in [4.69, 9.17) is 4.74 Å². The monoisotopic (exact) mass is 274 g/mol. The van der Waals surface area contributed by atoms with Crippen molar-refractivity contribution < 1.29 is 4.74 Å². The molecule has 0 amide bonds. The van der Waals surface area contributed by atoms with Gasteiger partial charge in [0, 0.05) is 29.7 Å². The van der Waals surface area contributed by atoms with E-state index in [9.17, 15) is 0 Å². The summed E-state index contributed by atoms with van der Waals surface area (Å²) in [5, 5.41) is 6.77. The first-order valence-corrected chi connectivity index (χ1v) is 7.56. The highest BCUT2D eigenvalue weighted by molar-refractivity contribution is 7.09. The van der Waals surface area contributed by atoms with E-state index in [0.717, 1.165) is 36.8 Å². The Balaban J connectivity index is 1.80. The van der Waals surface area contributed by atoms with Gasteiger partial charge < -0.3 is 10.1 Å². The molecule has 0 spiro atoms. The fraction of sp³-hybridized carbons (Fsp3) is 0.400. The van der Waals surface area contributed by atoms with E-state index in [-0.39, 0.29) is 0 Å². The maximum absolute atomic E-state index is 5.89. The standard InChI is InChI=1S/C15H18N2OS/c1-11-4-2-5-12-13(6-3-8-18-15(11)12)17-10-14-16-7-9-19-14/h2,4-5,7,9,13,17H,3,6,8,10H2,1H3. The lowest BCUT2D eigenvalue weighted by atomic mass is 10.00. The quantitative estimate of drug-likeness (QED) is 0.930. The molecule has 1 unspecified atom stereocenters. The van der Waals surface area contributed by atoms with Gasteiger partial charge in [0.2, 0.25) is 0 Å². The zero-order valence-corrected chi connectivity index (χ0v) is 11.9. The van der Waals surface area contributed by atoms with Gasteiger partial charge in [0.1, 0.15) is 10.8 Å². The Labute approximate surface area is 117 Å². The van der Waals surface area contributed by atoms with Crippen LogP contribution in [0.4, 0.5) is 0 Å². The molecule has 3 rings (SSSR count). The average molecular weight is 274 g/mol. The first-order valence-electron chi connectivity index (χ1n) is 6.68. The molecule has 0 saturated carbocycles. The van der Waals surface area contributed by atoms with Crippen LogP contribution >= 0.6 is 11.3 Å². The zero-order valence-electron chi connectivity index (χ0n) is 11.1. The van der Waals surface area contributed by atoms with Crippen LogP contribution in [0.15, 0.2) is 29.8 Å². The molecule has 1 aliphatic rings. The molecule has 1 N–H and O–H groups in total. The Morgan fingerprint density at radius 2 is 2.42 bits per heavy atom. The van der Waals surface area contributed by atoms with Crippen molar-refractivity contribution in [2.45, 2.75) is 32.4 Å². The number of nitrogens with one attached hydrogen (secondary N) is 1. The molecule has 100 valence electrons. The third-order valence-electron chi connectivity index (χ3n) is 3.48. The van der Waals surface area contributed by atoms with Crippen molar-refractivity contribution in [3.05, 3.63) is 45.9 Å². The van der Waals surface area contributed by atoms with Crippen LogP contribution in [0.25, 0.3) is 0 Å². The smallest absolute Gasteiger partial charge is 0.126 e. The van der Waals surface area contributed by atoms with Gasteiger partial charge in [0.05, 0.1) is 6.61 Å². The number of ether oxygens (including phenoxy) is 1. The van der Waals surface area contributed by atoms with Crippen LogP contribution < -0.4 is 10.1 Å². The molecule has 2 heterocycles. The number of aromatic nitrogens is 1. The molecule has 1 aromatic heterocycles. The third kappa shape index (κ3) is 2.80. The SMILES string of the molecule is Cc1cccc2c1OCCCC2NCc1nccs1. The first-order chi connectivity index (χ1) is 9.34. The molecule has 0 radical (unpaired) electrons. The van der Waals surface area contributed by atoms with Gasteiger partial charge in [-0.3, -0.25) is 0 Å². The lowest BCUT2D eigenvalue weighted by molar-refractivity contribution is 0.313. The van der Waals surface area contributed by atoms with Gasteiger partial charge in [-0.05, 0) is 25.3 Å². The summed E-state index contributed by atoms with van der Waals surface area (Å²) >= 11 is 1.70. The van der Waals surface area contributed by atoms with Crippen molar-refractivity contribution in [1.29, 1.82) is 0 Å². The van der Waals surface area contributed by atoms with Crippen LogP contribution in [0, 0.1) is 6.92 Å². The molecule has 19 heavy (non-hydrogen) atoms. The van der Waals surface area contributed by atoms with E-state index in [2.05, 4.69) is 35.4 Å². The van der Waals surface area contributed by atoms with E-state index < -0.39 is 0 Å². The molecule has 0 aliphatic carbocycles. The summed E-state index contributed by atoms with van der Waals surface area (Å²) < 4.78 is 5.89. The molecular weight excluding hydrogens is 256 g/mol. The number of hydrogen-bond acceptors (Lipinski definition) is 4. The Morgan fingerprint density at radius 3 is 3.26 bits per heavy atom. The van der Waals surface area contributed by atoms with Crippen LogP contribution in [0.1, 0.15) is 35.0 Å². The summed E-state index contributed by atoms with van der Waals surface area (Å²) in [7, 11) is 0. The second kappa shape index (κ2) is 5.72. The van der Waals surface area contributed by atoms with Crippen LogP contribution in [-0.2, 0) is 6.54 Å². The molecule has 3 nitrogen and oxygen atoms in total. The number of aryl methyl sites for hydroxylation is 1. The summed E-state index contributed by atoms with van der Waals surface area (Å²) in [5.74, 6) is 1.07. The molecular formula is C15H18N2OS. The van der Waals surface area contributed by atoms with Gasteiger partial charge in [-0.25, -0.2) is 4.98 Å². The van der Waals surface area contributed by atoms with E-state index >= 15 is 0 Å². The van der Waals surface area contributed by atoms with Gasteiger partial charge in [-0.2, -0.15) is 0 Å². The second-order valence-electron chi connectivity index (χ2n) is 4.84. The molecule has 0 fully saturated rings. The van der Waals surface area contributed by atoms with Crippen molar-refractivity contribution in [3.8, 4) is 5.75 Å². The number of para-hydroxylation sites is 1. The highest BCUT2D eigenvalue weighted by Crippen LogP contribution is 2.34. The lowest BCUT2D eigenvalue weighted by Gasteiger charge is -2.18. The fourth-order valence-electron chi connectivity index (χ4n) is 2.53. The predicted molar refractivity (Wildman–Crippen MR) is 77.6 cm³/mol. The predicted octanol–water partition coefficient (Wildman–Crippen LogP) is 3.46. The van der Waals surface area contributed by atoms with Crippen LogP contribution in [-0.4, -0.2) is 11.6 Å². The Bertz CT molecular complexity index is 539. The summed E-state index contributed by atoms with van der Waals surface area (Å²) in [6.45, 7) is 3.75. The maximum atomic E-state index is 5.89. The van der Waals surface area contributed by atoms with Crippen LogP contribution in [0.3, 0.4) is 0 Å². The largest absolute Gasteiger partial charge is 0.493 e. The highest BCUT2D eigenvalue weighted by Gasteiger charge is 2.20. The number of fused-ring (bicyclic) bond motifs is 1. The van der Waals surface area contributed by atoms with Crippen molar-refractivity contribution >= 4 is 11.3 Å². The van der Waals surface area contributed by atoms with Gasteiger partial charge in [0.25, 0.3) is 0 Å². The molecule has 1 aliphatic heterocycles. The molecule has 2 aromatic rings. The number of nitrogens with zero attached hydrogens (tertiary/aromatic N) is 1. The lowest BCUT2D eigenvalue weighted by Crippen LogP contribution is -2.20. The average Bonchev–Trinajstić information content (AvgIpc) is 2.84. The topological polar surface area (TPSA) is 34.1 Å². The minimum atomic E-state index is 0.362. The number of benzene rings is 1. The number of rotatable bonds is 3. The molecule has 1 atom stereocenters. The third-order valence-corrected chi connectivity index (χ3v) is 4.26. The minimum Gasteiger partial charge on any atom is -0.493 e. The van der Waals surface area contributed by atoms with Gasteiger partial charge in [-0.15, -0.1) is 11.3 Å². The molecule has 4 heteroatoms. The summed E-state index contributed by atoms with van der Waals surface area (Å²) in [4.78, 5) is 4.32. The van der Waals surface area contributed by atoms with Crippen molar-refractivity contribution in [1.82, 2.24) is 10.3 Å². The summed E-state index contributed by atoms with van der Waals surface area (Å²) in [6.07, 6.45) is 4.06. The molecule has 0 saturated heterocycles. The minimum absolute atomic E-state index is 0.362. The summed E-state index contributed by atoms with van der Waals surface area (Å²) in [5.41, 5.74) is 2.51. The van der Waals surface area contributed by atoms with Gasteiger partial charge in [-0.1, -0.05) is 18.2 Å². The molecule has 1 aromatic carbocycles. The van der Waals surface area contributed by atoms with Crippen LogP contribution in [0.5, 0.6) is 5.75 Å². The van der Waals surface area contributed by atoms with Gasteiger partial charge >= 0.3 is 0 Å². The number of thiazole rings is 1. The summed E-state index contributed by atoms with van der Waals surface area (Å²) in [6, 6.07) is 6.76. The highest BCUT2D eigenvalue weighted by atomic mass is 32.1. The normalized spacial score (nSPS) is 18.5. The maximum Gasteiger partial charge on any atom is 0.126 e. The van der Waals surface area contributed by atoms with Crippen molar-refractivity contribution in [2.24, 2.45) is 0 Å². The van der Waals surface area contributed by atoms with Crippen LogP contribution in [0.2, 0.25) is 0 Å². The van der Waals surface area contributed by atoms with E-state index in [1.165, 1.54) is 11.1 Å². The Morgan fingerprint density at radius 1 is 1.47 bits per heavy atom. The van der Waals surface area contributed by atoms with Gasteiger partial charge in [0.15, 0.2) is 0 Å². The van der Waals surface area contributed by atoms with Crippen molar-refractivity contribution in [3.63, 3.8) is 0 Å². The van der Waals surface area contributed by atoms with E-state index in [0.29, 0.717) is 6.04 Å². The molecule has 0 bridgehead atoms. The van der Waals surface area contributed by atoms with E-state index in [1.54, 1.807) is 11.3 Å².